The smallest absolute Gasteiger partial charge is 0.408 e. The summed E-state index contributed by atoms with van der Waals surface area (Å²) in [7, 11) is -1.06. The third kappa shape index (κ3) is 4.64. The van der Waals surface area contributed by atoms with E-state index in [9.17, 15) is 14.1 Å². The molecule has 2 aromatic carbocycles. The van der Waals surface area contributed by atoms with Crippen molar-refractivity contribution in [3.63, 3.8) is 0 Å². The van der Waals surface area contributed by atoms with Gasteiger partial charge in [0.05, 0.1) is 22.4 Å². The molecule has 3 heterocycles. The predicted molar refractivity (Wildman–Crippen MR) is 143 cm³/mol. The summed E-state index contributed by atoms with van der Waals surface area (Å²) in [5, 5.41) is 10.9. The van der Waals surface area contributed by atoms with E-state index in [4.69, 9.17) is 9.97 Å². The Labute approximate surface area is 214 Å². The third-order valence-corrected chi connectivity index (χ3v) is 8.43. The molecule has 1 aromatic heterocycles. The van der Waals surface area contributed by atoms with E-state index in [0.717, 1.165) is 45.7 Å². The minimum atomic E-state index is -1.06. The van der Waals surface area contributed by atoms with Crippen LogP contribution in [0, 0.1) is 6.92 Å². The summed E-state index contributed by atoms with van der Waals surface area (Å²) in [6, 6.07) is 13.9. The average molecular weight is 508 g/mol. The number of hydrogen-bond acceptors (Lipinski definition) is 6. The Morgan fingerprint density at radius 2 is 1.89 bits per heavy atom. The number of benzene rings is 2. The molecule has 36 heavy (non-hydrogen) atoms. The van der Waals surface area contributed by atoms with Crippen molar-refractivity contribution in [2.24, 2.45) is 0 Å². The second-order valence-electron chi connectivity index (χ2n) is 10.7. The standard InChI is InChI=1S/C27H33N5O3S/c1-18-9-10-22-21(15-18)24(30-12-11-20(17-30)32(26(33)34)27(2,3)4)29-25(28-22)31-13-14-36(35)23-8-6-5-7-19(23)16-31/h5-10,15,20H,11-14,16-17H2,1-4H3,(H,33,34). The van der Waals surface area contributed by atoms with Crippen LogP contribution in [-0.2, 0) is 17.3 Å². The van der Waals surface area contributed by atoms with Gasteiger partial charge in [0.15, 0.2) is 0 Å². The molecule has 2 aliphatic heterocycles. The minimum Gasteiger partial charge on any atom is -0.465 e. The number of carbonyl (C=O) groups is 1. The van der Waals surface area contributed by atoms with E-state index in [1.165, 1.54) is 0 Å². The van der Waals surface area contributed by atoms with Gasteiger partial charge in [-0.3, -0.25) is 9.11 Å². The summed E-state index contributed by atoms with van der Waals surface area (Å²) >= 11 is 0. The average Bonchev–Trinajstić information content (AvgIpc) is 3.21. The number of aromatic nitrogens is 2. The van der Waals surface area contributed by atoms with Crippen molar-refractivity contribution in [3.05, 3.63) is 53.6 Å². The topological polar surface area (TPSA) is 89.9 Å². The molecule has 1 saturated heterocycles. The number of aryl methyl sites for hydroxylation is 1. The molecule has 2 unspecified atom stereocenters. The molecule has 2 atom stereocenters. The second kappa shape index (κ2) is 9.35. The fourth-order valence-corrected chi connectivity index (χ4v) is 6.61. The monoisotopic (exact) mass is 507 g/mol. The van der Waals surface area contributed by atoms with Gasteiger partial charge >= 0.3 is 6.09 Å². The zero-order valence-corrected chi connectivity index (χ0v) is 22.1. The molecule has 9 heteroatoms. The molecule has 0 aliphatic carbocycles. The molecule has 0 saturated carbocycles. The molecule has 1 fully saturated rings. The van der Waals surface area contributed by atoms with Gasteiger partial charge in [0.2, 0.25) is 5.95 Å². The van der Waals surface area contributed by atoms with Gasteiger partial charge in [-0.05, 0) is 57.9 Å². The highest BCUT2D eigenvalue weighted by molar-refractivity contribution is 7.85. The van der Waals surface area contributed by atoms with Crippen LogP contribution < -0.4 is 9.80 Å². The van der Waals surface area contributed by atoms with Crippen molar-refractivity contribution in [2.45, 2.75) is 57.1 Å². The number of nitrogens with zero attached hydrogens (tertiary/aromatic N) is 5. The molecule has 2 aliphatic rings. The highest BCUT2D eigenvalue weighted by Gasteiger charge is 2.38. The minimum absolute atomic E-state index is 0.117. The Morgan fingerprint density at radius 1 is 1.11 bits per heavy atom. The largest absolute Gasteiger partial charge is 0.465 e. The van der Waals surface area contributed by atoms with Crippen molar-refractivity contribution in [3.8, 4) is 0 Å². The van der Waals surface area contributed by atoms with Crippen LogP contribution in [0.1, 0.15) is 38.3 Å². The highest BCUT2D eigenvalue weighted by atomic mass is 32.2. The van der Waals surface area contributed by atoms with E-state index in [2.05, 4.69) is 22.8 Å². The molecule has 0 bridgehead atoms. The van der Waals surface area contributed by atoms with Gasteiger partial charge in [-0.25, -0.2) is 9.78 Å². The molecule has 190 valence electrons. The predicted octanol–water partition coefficient (Wildman–Crippen LogP) is 4.42. The Kier molecular flexibility index (Phi) is 6.36. The van der Waals surface area contributed by atoms with Gasteiger partial charge in [0, 0.05) is 47.8 Å². The number of carboxylic acid groups (broad SMARTS) is 1. The molecular formula is C27H33N5O3S. The van der Waals surface area contributed by atoms with Crippen LogP contribution in [-0.4, -0.2) is 67.2 Å². The molecule has 3 aromatic rings. The lowest BCUT2D eigenvalue weighted by Crippen LogP contribution is -2.52. The van der Waals surface area contributed by atoms with Crippen molar-refractivity contribution in [2.75, 3.05) is 35.2 Å². The van der Waals surface area contributed by atoms with E-state index >= 15 is 0 Å². The molecule has 5 rings (SSSR count). The van der Waals surface area contributed by atoms with Crippen molar-refractivity contribution < 1.29 is 14.1 Å². The highest BCUT2D eigenvalue weighted by Crippen LogP contribution is 2.33. The van der Waals surface area contributed by atoms with E-state index in [-0.39, 0.29) is 6.04 Å². The maximum Gasteiger partial charge on any atom is 0.408 e. The van der Waals surface area contributed by atoms with Gasteiger partial charge in [0.1, 0.15) is 5.82 Å². The molecule has 0 spiro atoms. The van der Waals surface area contributed by atoms with Gasteiger partial charge < -0.3 is 14.9 Å². The summed E-state index contributed by atoms with van der Waals surface area (Å²) in [4.78, 5) is 28.9. The normalized spacial score (nSPS) is 20.3. The van der Waals surface area contributed by atoms with Crippen molar-refractivity contribution >= 4 is 39.6 Å². The van der Waals surface area contributed by atoms with Crippen LogP contribution in [0.3, 0.4) is 0 Å². The SMILES string of the molecule is Cc1ccc2nc(N3CCS(=O)c4ccccc4C3)nc(N3CCC(N(C(=O)O)C(C)(C)C)C3)c2c1. The van der Waals surface area contributed by atoms with Gasteiger partial charge in [0.25, 0.3) is 0 Å². The zero-order valence-electron chi connectivity index (χ0n) is 21.3. The Morgan fingerprint density at radius 3 is 2.64 bits per heavy atom. The van der Waals surface area contributed by atoms with Gasteiger partial charge in [-0.15, -0.1) is 0 Å². The maximum atomic E-state index is 12.8. The van der Waals surface area contributed by atoms with Crippen LogP contribution in [0.25, 0.3) is 10.9 Å². The Balaban J connectivity index is 1.53. The van der Waals surface area contributed by atoms with Crippen LogP contribution in [0.4, 0.5) is 16.6 Å². The lowest BCUT2D eigenvalue weighted by Gasteiger charge is -2.38. The van der Waals surface area contributed by atoms with Crippen LogP contribution >= 0.6 is 0 Å². The first-order chi connectivity index (χ1) is 17.1. The summed E-state index contributed by atoms with van der Waals surface area (Å²) in [5.74, 6) is 1.97. The number of hydrogen-bond donors (Lipinski definition) is 1. The van der Waals surface area contributed by atoms with E-state index in [0.29, 0.717) is 31.3 Å². The first-order valence-corrected chi connectivity index (χ1v) is 13.7. The first-order valence-electron chi connectivity index (χ1n) is 12.4. The molecule has 0 radical (unpaired) electrons. The fourth-order valence-electron chi connectivity index (χ4n) is 5.35. The fraction of sp³-hybridized carbons (Fsp3) is 0.444. The van der Waals surface area contributed by atoms with E-state index in [1.54, 1.807) is 4.90 Å². The number of fused-ring (bicyclic) bond motifs is 2. The first kappa shape index (κ1) is 24.5. The Bertz CT molecular complexity index is 1340. The number of rotatable bonds is 3. The molecule has 8 nitrogen and oxygen atoms in total. The number of amides is 1. The lowest BCUT2D eigenvalue weighted by atomic mass is 10.0. The van der Waals surface area contributed by atoms with E-state index < -0.39 is 22.4 Å². The molecule has 1 amide bonds. The van der Waals surface area contributed by atoms with Crippen molar-refractivity contribution in [1.29, 1.82) is 0 Å². The summed E-state index contributed by atoms with van der Waals surface area (Å²) in [6.45, 7) is 10.4. The van der Waals surface area contributed by atoms with Gasteiger partial charge in [-0.2, -0.15) is 4.98 Å². The third-order valence-electron chi connectivity index (χ3n) is 6.98. The van der Waals surface area contributed by atoms with Crippen LogP contribution in [0.15, 0.2) is 47.4 Å². The van der Waals surface area contributed by atoms with Crippen LogP contribution in [0.2, 0.25) is 0 Å². The summed E-state index contributed by atoms with van der Waals surface area (Å²) in [5.41, 5.74) is 2.52. The lowest BCUT2D eigenvalue weighted by molar-refractivity contribution is 0.0763. The summed E-state index contributed by atoms with van der Waals surface area (Å²) < 4.78 is 12.8. The van der Waals surface area contributed by atoms with Gasteiger partial charge in [-0.1, -0.05) is 29.8 Å². The summed E-state index contributed by atoms with van der Waals surface area (Å²) in [6.07, 6.45) is -0.151. The van der Waals surface area contributed by atoms with E-state index in [1.807, 2.05) is 57.2 Å². The van der Waals surface area contributed by atoms with Crippen molar-refractivity contribution in [1.82, 2.24) is 14.9 Å². The molecule has 1 N–H and O–H groups in total. The number of anilines is 2. The maximum absolute atomic E-state index is 12.8. The molecular weight excluding hydrogens is 474 g/mol. The second-order valence-corrected chi connectivity index (χ2v) is 12.2. The quantitative estimate of drug-likeness (QED) is 0.561. The zero-order chi connectivity index (χ0) is 25.6. The Hall–Kier alpha value is -3.20. The van der Waals surface area contributed by atoms with Crippen LogP contribution in [0.5, 0.6) is 0 Å².